The van der Waals surface area contributed by atoms with E-state index in [4.69, 9.17) is 0 Å². The van der Waals surface area contributed by atoms with Crippen LogP contribution in [0.4, 0.5) is 0 Å². The number of ketones is 1. The fourth-order valence-corrected chi connectivity index (χ4v) is 5.27. The van der Waals surface area contributed by atoms with E-state index in [0.29, 0.717) is 5.78 Å². The molecule has 0 amide bonds. The van der Waals surface area contributed by atoms with E-state index < -0.39 is 0 Å². The molecular weight excluding hydrogens is 308 g/mol. The molecule has 1 nitrogen and oxygen atoms in total. The van der Waals surface area contributed by atoms with Crippen molar-refractivity contribution in [1.82, 2.24) is 0 Å². The standard InChI is InChI=1S/C15H19BrOS/c16-14-9-18-8-13(14)15(17)12-6-5-10-3-1-2-4-11(10)7-12/h8-12H,1-7H2. The molecule has 1 aromatic rings. The lowest BCUT2D eigenvalue weighted by Crippen LogP contribution is -2.31. The van der Waals surface area contributed by atoms with E-state index in [2.05, 4.69) is 15.9 Å². The zero-order valence-corrected chi connectivity index (χ0v) is 12.9. The Bertz CT molecular complexity index is 439. The molecule has 0 N–H and O–H groups in total. The first-order valence-electron chi connectivity index (χ1n) is 7.01. The van der Waals surface area contributed by atoms with Gasteiger partial charge in [-0.1, -0.05) is 25.7 Å². The third kappa shape index (κ3) is 2.44. The van der Waals surface area contributed by atoms with E-state index in [1.807, 2.05) is 10.8 Å². The molecule has 3 heteroatoms. The first-order valence-corrected chi connectivity index (χ1v) is 8.75. The highest BCUT2D eigenvalue weighted by molar-refractivity contribution is 9.10. The lowest BCUT2D eigenvalue weighted by molar-refractivity contribution is 0.0763. The van der Waals surface area contributed by atoms with Crippen LogP contribution in [0.25, 0.3) is 0 Å². The van der Waals surface area contributed by atoms with Gasteiger partial charge in [-0.25, -0.2) is 0 Å². The van der Waals surface area contributed by atoms with Crippen molar-refractivity contribution in [2.45, 2.75) is 44.9 Å². The molecule has 0 saturated heterocycles. The molecule has 3 unspecified atom stereocenters. The minimum atomic E-state index is 0.287. The summed E-state index contributed by atoms with van der Waals surface area (Å²) in [7, 11) is 0. The normalized spacial score (nSPS) is 31.9. The van der Waals surface area contributed by atoms with Gasteiger partial charge in [-0.15, -0.1) is 0 Å². The number of Topliss-reactive ketones (excluding diaryl/α,β-unsaturated/α-hetero) is 1. The van der Waals surface area contributed by atoms with Gasteiger partial charge in [0.1, 0.15) is 0 Å². The smallest absolute Gasteiger partial charge is 0.167 e. The Morgan fingerprint density at radius 2 is 1.89 bits per heavy atom. The summed E-state index contributed by atoms with van der Waals surface area (Å²) in [6.45, 7) is 0. The molecule has 1 aromatic heterocycles. The average Bonchev–Trinajstić information content (AvgIpc) is 2.83. The summed E-state index contributed by atoms with van der Waals surface area (Å²) in [5.41, 5.74) is 0.916. The van der Waals surface area contributed by atoms with Crippen molar-refractivity contribution >= 4 is 33.0 Å². The van der Waals surface area contributed by atoms with Gasteiger partial charge in [-0.05, 0) is 47.0 Å². The molecule has 0 radical (unpaired) electrons. The Kier molecular flexibility index (Phi) is 3.90. The molecular formula is C15H19BrOS. The van der Waals surface area contributed by atoms with Crippen LogP contribution in [0.15, 0.2) is 15.2 Å². The van der Waals surface area contributed by atoms with Gasteiger partial charge in [-0.2, -0.15) is 11.3 Å². The molecule has 2 fully saturated rings. The predicted octanol–water partition coefficient (Wildman–Crippen LogP) is 5.30. The molecule has 1 heterocycles. The van der Waals surface area contributed by atoms with Crippen LogP contribution in [0.2, 0.25) is 0 Å². The topological polar surface area (TPSA) is 17.1 Å². The van der Waals surface area contributed by atoms with E-state index in [1.54, 1.807) is 11.3 Å². The van der Waals surface area contributed by atoms with Crippen LogP contribution in [0.3, 0.4) is 0 Å². The van der Waals surface area contributed by atoms with Crippen molar-refractivity contribution in [2.24, 2.45) is 17.8 Å². The van der Waals surface area contributed by atoms with Gasteiger partial charge in [0.2, 0.25) is 0 Å². The molecule has 0 spiro atoms. The maximum Gasteiger partial charge on any atom is 0.167 e. The molecule has 18 heavy (non-hydrogen) atoms. The maximum absolute atomic E-state index is 12.5. The molecule has 98 valence electrons. The summed E-state index contributed by atoms with van der Waals surface area (Å²) in [5.74, 6) is 2.43. The van der Waals surface area contributed by atoms with Gasteiger partial charge in [-0.3, -0.25) is 4.79 Å². The lowest BCUT2D eigenvalue weighted by atomic mass is 9.66. The second kappa shape index (κ2) is 5.46. The van der Waals surface area contributed by atoms with Crippen LogP contribution >= 0.6 is 27.3 Å². The third-order valence-electron chi connectivity index (χ3n) is 4.79. The highest BCUT2D eigenvalue weighted by Gasteiger charge is 2.35. The number of hydrogen-bond acceptors (Lipinski definition) is 2. The number of halogens is 1. The Morgan fingerprint density at radius 3 is 2.61 bits per heavy atom. The number of carbonyl (C=O) groups is 1. The summed E-state index contributed by atoms with van der Waals surface area (Å²) in [4.78, 5) is 12.5. The summed E-state index contributed by atoms with van der Waals surface area (Å²) < 4.78 is 0.989. The maximum atomic E-state index is 12.5. The van der Waals surface area contributed by atoms with Crippen LogP contribution in [0.5, 0.6) is 0 Å². The predicted molar refractivity (Wildman–Crippen MR) is 79.1 cm³/mol. The van der Waals surface area contributed by atoms with E-state index >= 15 is 0 Å². The van der Waals surface area contributed by atoms with Crippen molar-refractivity contribution in [3.8, 4) is 0 Å². The summed E-state index contributed by atoms with van der Waals surface area (Å²) in [6, 6.07) is 0. The molecule has 2 aliphatic rings. The van der Waals surface area contributed by atoms with Crippen LogP contribution in [0.1, 0.15) is 55.3 Å². The molecule has 3 rings (SSSR count). The number of fused-ring (bicyclic) bond motifs is 1. The largest absolute Gasteiger partial charge is 0.294 e. The summed E-state index contributed by atoms with van der Waals surface area (Å²) >= 11 is 5.11. The summed E-state index contributed by atoms with van der Waals surface area (Å²) in [6.07, 6.45) is 9.10. The lowest BCUT2D eigenvalue weighted by Gasteiger charge is -2.38. The number of hydrogen-bond donors (Lipinski definition) is 0. The first-order chi connectivity index (χ1) is 8.75. The molecule has 3 atom stereocenters. The highest BCUT2D eigenvalue weighted by atomic mass is 79.9. The quantitative estimate of drug-likeness (QED) is 0.674. The van der Waals surface area contributed by atoms with Crippen molar-refractivity contribution in [3.63, 3.8) is 0 Å². The van der Waals surface area contributed by atoms with Gasteiger partial charge in [0.05, 0.1) is 0 Å². The minimum Gasteiger partial charge on any atom is -0.294 e. The van der Waals surface area contributed by atoms with Crippen molar-refractivity contribution in [1.29, 1.82) is 0 Å². The van der Waals surface area contributed by atoms with Crippen LogP contribution in [0, 0.1) is 17.8 Å². The van der Waals surface area contributed by atoms with Crippen molar-refractivity contribution < 1.29 is 4.79 Å². The van der Waals surface area contributed by atoms with Gasteiger partial charge in [0.15, 0.2) is 5.78 Å². The molecule has 2 saturated carbocycles. The fourth-order valence-electron chi connectivity index (χ4n) is 3.79. The molecule has 2 aliphatic carbocycles. The zero-order valence-electron chi connectivity index (χ0n) is 10.5. The second-order valence-electron chi connectivity index (χ2n) is 5.81. The Labute approximate surface area is 121 Å². The number of thiophene rings is 1. The Morgan fingerprint density at radius 1 is 1.11 bits per heavy atom. The fraction of sp³-hybridized carbons (Fsp3) is 0.667. The Hall–Kier alpha value is -0.150. The minimum absolute atomic E-state index is 0.287. The highest BCUT2D eigenvalue weighted by Crippen LogP contribution is 2.44. The molecule has 0 aliphatic heterocycles. The monoisotopic (exact) mass is 326 g/mol. The first kappa shape index (κ1) is 12.9. The van der Waals surface area contributed by atoms with Crippen molar-refractivity contribution in [3.05, 3.63) is 20.8 Å². The van der Waals surface area contributed by atoms with Crippen molar-refractivity contribution in [2.75, 3.05) is 0 Å². The van der Waals surface area contributed by atoms with Gasteiger partial charge < -0.3 is 0 Å². The van der Waals surface area contributed by atoms with Crippen LogP contribution in [-0.4, -0.2) is 5.78 Å². The van der Waals surface area contributed by atoms with Crippen LogP contribution < -0.4 is 0 Å². The Balaban J connectivity index is 1.70. The molecule has 0 aromatic carbocycles. The summed E-state index contributed by atoms with van der Waals surface area (Å²) in [5, 5.41) is 4.01. The SMILES string of the molecule is O=C(c1cscc1Br)C1CCC2CCCCC2C1. The third-order valence-corrected chi connectivity index (χ3v) is 6.49. The van der Waals surface area contributed by atoms with E-state index in [1.165, 1.54) is 32.1 Å². The van der Waals surface area contributed by atoms with Gasteiger partial charge >= 0.3 is 0 Å². The second-order valence-corrected chi connectivity index (χ2v) is 7.41. The average molecular weight is 327 g/mol. The van der Waals surface area contributed by atoms with E-state index in [0.717, 1.165) is 34.7 Å². The molecule has 0 bridgehead atoms. The van der Waals surface area contributed by atoms with Crippen LogP contribution in [-0.2, 0) is 0 Å². The zero-order chi connectivity index (χ0) is 12.5. The number of rotatable bonds is 2. The van der Waals surface area contributed by atoms with Gasteiger partial charge in [0.25, 0.3) is 0 Å². The van der Waals surface area contributed by atoms with E-state index in [9.17, 15) is 4.79 Å². The van der Waals surface area contributed by atoms with Gasteiger partial charge in [0, 0.05) is 26.7 Å². The van der Waals surface area contributed by atoms with E-state index in [-0.39, 0.29) is 5.92 Å². The number of carbonyl (C=O) groups excluding carboxylic acids is 1.